The molecule has 2 aromatic carbocycles. The largest absolute Gasteiger partial charge is 0.497 e. The van der Waals surface area contributed by atoms with Crippen molar-refractivity contribution in [3.8, 4) is 5.75 Å². The molecule has 0 radical (unpaired) electrons. The van der Waals surface area contributed by atoms with E-state index in [4.69, 9.17) is 4.74 Å². The molecule has 0 saturated carbocycles. The van der Waals surface area contributed by atoms with Crippen LogP contribution in [0.15, 0.2) is 48.5 Å². The van der Waals surface area contributed by atoms with Crippen LogP contribution in [0.4, 0.5) is 5.69 Å². The summed E-state index contributed by atoms with van der Waals surface area (Å²) in [7, 11) is -2.18. The summed E-state index contributed by atoms with van der Waals surface area (Å²) in [5, 5.41) is 2.91. The van der Waals surface area contributed by atoms with E-state index in [1.165, 1.54) is 4.90 Å². The number of aryl methyl sites for hydroxylation is 1. The minimum absolute atomic E-state index is 0.155. The van der Waals surface area contributed by atoms with Gasteiger partial charge in [-0.1, -0.05) is 51.1 Å². The van der Waals surface area contributed by atoms with Crippen molar-refractivity contribution in [3.05, 3.63) is 59.7 Å². The van der Waals surface area contributed by atoms with E-state index in [0.29, 0.717) is 24.4 Å². The molecule has 0 aromatic heterocycles. The molecule has 0 unspecified atom stereocenters. The Kier molecular flexibility index (Phi) is 10.1. The summed E-state index contributed by atoms with van der Waals surface area (Å²) < 4.78 is 31.7. The van der Waals surface area contributed by atoms with E-state index in [1.54, 1.807) is 44.4 Å². The third-order valence-electron chi connectivity index (χ3n) is 5.65. The molecule has 1 atom stereocenters. The standard InChI is InChI=1S/C26H37N3O5S/c1-7-23(26(31)27-16-19(2)3)28(17-21-12-14-22(34-5)15-13-21)25(30)18-29(35(6,32)33)24-11-9-8-10-20(24)4/h8-15,19,23H,7,16-18H2,1-6H3,(H,27,31)/t23-/m1/s1. The van der Waals surface area contributed by atoms with Crippen LogP contribution in [0.1, 0.15) is 38.3 Å². The van der Waals surface area contributed by atoms with Crippen molar-refractivity contribution in [1.29, 1.82) is 0 Å². The summed E-state index contributed by atoms with van der Waals surface area (Å²) in [6.45, 7) is 7.85. The van der Waals surface area contributed by atoms with Gasteiger partial charge in [-0.25, -0.2) is 8.42 Å². The second kappa shape index (κ2) is 12.6. The number of nitrogens with zero attached hydrogens (tertiary/aromatic N) is 2. The first-order valence-electron chi connectivity index (χ1n) is 11.7. The first kappa shape index (κ1) is 28.2. The Morgan fingerprint density at radius 3 is 2.20 bits per heavy atom. The van der Waals surface area contributed by atoms with Gasteiger partial charge in [0.05, 0.1) is 19.1 Å². The van der Waals surface area contributed by atoms with Gasteiger partial charge in [-0.2, -0.15) is 0 Å². The summed E-state index contributed by atoms with van der Waals surface area (Å²) in [4.78, 5) is 28.2. The molecule has 1 N–H and O–H groups in total. The van der Waals surface area contributed by atoms with Crippen molar-refractivity contribution in [3.63, 3.8) is 0 Å². The van der Waals surface area contributed by atoms with Crippen molar-refractivity contribution >= 4 is 27.5 Å². The molecule has 8 nitrogen and oxygen atoms in total. The van der Waals surface area contributed by atoms with Gasteiger partial charge in [0.2, 0.25) is 21.8 Å². The Morgan fingerprint density at radius 2 is 1.69 bits per heavy atom. The number of hydrogen-bond acceptors (Lipinski definition) is 5. The molecule has 0 aliphatic heterocycles. The fraction of sp³-hybridized carbons (Fsp3) is 0.462. The predicted octanol–water partition coefficient (Wildman–Crippen LogP) is 3.35. The van der Waals surface area contributed by atoms with Gasteiger partial charge in [0, 0.05) is 13.1 Å². The Balaban J connectivity index is 2.42. The minimum Gasteiger partial charge on any atom is -0.497 e. The van der Waals surface area contributed by atoms with Crippen LogP contribution in [0, 0.1) is 12.8 Å². The number of nitrogens with one attached hydrogen (secondary N) is 1. The van der Waals surface area contributed by atoms with Gasteiger partial charge < -0.3 is 15.0 Å². The van der Waals surface area contributed by atoms with Gasteiger partial charge in [-0.15, -0.1) is 0 Å². The molecule has 0 spiro atoms. The van der Waals surface area contributed by atoms with Crippen LogP contribution in [0.25, 0.3) is 0 Å². The number of methoxy groups -OCH3 is 1. The fourth-order valence-corrected chi connectivity index (χ4v) is 4.61. The number of anilines is 1. The number of hydrogen-bond donors (Lipinski definition) is 1. The van der Waals surface area contributed by atoms with Crippen LogP contribution in [0.5, 0.6) is 5.75 Å². The van der Waals surface area contributed by atoms with Crippen molar-refractivity contribution in [2.45, 2.75) is 46.7 Å². The van der Waals surface area contributed by atoms with E-state index >= 15 is 0 Å². The van der Waals surface area contributed by atoms with Gasteiger partial charge in [-0.05, 0) is 48.6 Å². The predicted molar refractivity (Wildman–Crippen MR) is 139 cm³/mol. The van der Waals surface area contributed by atoms with Crippen LogP contribution in [-0.4, -0.2) is 57.6 Å². The lowest BCUT2D eigenvalue weighted by atomic mass is 10.1. The maximum atomic E-state index is 13.7. The summed E-state index contributed by atoms with van der Waals surface area (Å²) in [5.41, 5.74) is 1.97. The zero-order valence-electron chi connectivity index (χ0n) is 21.4. The van der Waals surface area contributed by atoms with E-state index in [1.807, 2.05) is 39.0 Å². The smallest absolute Gasteiger partial charge is 0.244 e. The lowest BCUT2D eigenvalue weighted by Gasteiger charge is -2.33. The van der Waals surface area contributed by atoms with Crippen LogP contribution < -0.4 is 14.4 Å². The third kappa shape index (κ3) is 7.99. The normalized spacial score (nSPS) is 12.2. The Bertz CT molecular complexity index is 1100. The van der Waals surface area contributed by atoms with Gasteiger partial charge >= 0.3 is 0 Å². The highest BCUT2D eigenvalue weighted by molar-refractivity contribution is 7.92. The van der Waals surface area contributed by atoms with E-state index < -0.39 is 28.5 Å². The number of amides is 2. The number of sulfonamides is 1. The molecule has 0 aliphatic carbocycles. The van der Waals surface area contributed by atoms with Crippen molar-refractivity contribution in [2.75, 3.05) is 30.8 Å². The van der Waals surface area contributed by atoms with Crippen LogP contribution >= 0.6 is 0 Å². The first-order valence-corrected chi connectivity index (χ1v) is 13.6. The van der Waals surface area contributed by atoms with Crippen LogP contribution in [0.2, 0.25) is 0 Å². The molecule has 2 rings (SSSR count). The number of para-hydroxylation sites is 1. The molecule has 35 heavy (non-hydrogen) atoms. The quantitative estimate of drug-likeness (QED) is 0.479. The SMILES string of the molecule is CC[C@H](C(=O)NCC(C)C)N(Cc1ccc(OC)cc1)C(=O)CN(c1ccccc1C)S(C)(=O)=O. The highest BCUT2D eigenvalue weighted by Crippen LogP contribution is 2.23. The van der Waals surface area contributed by atoms with Crippen LogP contribution in [0.3, 0.4) is 0 Å². The summed E-state index contributed by atoms with van der Waals surface area (Å²) in [6.07, 6.45) is 1.46. The van der Waals surface area contributed by atoms with E-state index in [0.717, 1.165) is 21.7 Å². The van der Waals surface area contributed by atoms with Crippen molar-refractivity contribution < 1.29 is 22.7 Å². The number of rotatable bonds is 12. The number of carbonyl (C=O) groups excluding carboxylic acids is 2. The first-order chi connectivity index (χ1) is 16.5. The topological polar surface area (TPSA) is 96.0 Å². The molecule has 9 heteroatoms. The van der Waals surface area contributed by atoms with E-state index in [-0.39, 0.29) is 18.4 Å². The molecule has 2 amide bonds. The molecule has 192 valence electrons. The molecular weight excluding hydrogens is 466 g/mol. The van der Waals surface area contributed by atoms with Gasteiger partial charge in [0.15, 0.2) is 0 Å². The summed E-state index contributed by atoms with van der Waals surface area (Å²) in [6, 6.07) is 13.5. The second-order valence-electron chi connectivity index (χ2n) is 8.99. The second-order valence-corrected chi connectivity index (χ2v) is 10.9. The number of ether oxygens (including phenoxy) is 1. The molecule has 0 fully saturated rings. The van der Waals surface area contributed by atoms with Gasteiger partial charge in [0.25, 0.3) is 0 Å². The zero-order chi connectivity index (χ0) is 26.2. The fourth-order valence-electron chi connectivity index (χ4n) is 3.71. The van der Waals surface area contributed by atoms with E-state index in [2.05, 4.69) is 5.32 Å². The maximum absolute atomic E-state index is 13.7. The van der Waals surface area contributed by atoms with Crippen molar-refractivity contribution in [1.82, 2.24) is 10.2 Å². The zero-order valence-corrected chi connectivity index (χ0v) is 22.3. The van der Waals surface area contributed by atoms with Crippen molar-refractivity contribution in [2.24, 2.45) is 5.92 Å². The van der Waals surface area contributed by atoms with Gasteiger partial charge in [0.1, 0.15) is 18.3 Å². The average Bonchev–Trinajstić information content (AvgIpc) is 2.81. The third-order valence-corrected chi connectivity index (χ3v) is 6.77. The highest BCUT2D eigenvalue weighted by Gasteiger charge is 2.32. The molecular formula is C26H37N3O5S. The van der Waals surface area contributed by atoms with Crippen LogP contribution in [-0.2, 0) is 26.2 Å². The minimum atomic E-state index is -3.76. The molecule has 2 aromatic rings. The lowest BCUT2D eigenvalue weighted by molar-refractivity contribution is -0.140. The molecule has 0 bridgehead atoms. The number of benzene rings is 2. The lowest BCUT2D eigenvalue weighted by Crippen LogP contribution is -2.52. The van der Waals surface area contributed by atoms with Gasteiger partial charge in [-0.3, -0.25) is 13.9 Å². The molecule has 0 aliphatic rings. The Morgan fingerprint density at radius 1 is 1.06 bits per heavy atom. The monoisotopic (exact) mass is 503 g/mol. The highest BCUT2D eigenvalue weighted by atomic mass is 32.2. The summed E-state index contributed by atoms with van der Waals surface area (Å²) >= 11 is 0. The molecule has 0 saturated heterocycles. The Labute approximate surface area is 209 Å². The molecule has 0 heterocycles. The summed E-state index contributed by atoms with van der Waals surface area (Å²) in [5.74, 6) is 0.214. The van der Waals surface area contributed by atoms with E-state index in [9.17, 15) is 18.0 Å². The maximum Gasteiger partial charge on any atom is 0.244 e. The number of carbonyl (C=O) groups is 2. The Hall–Kier alpha value is -3.07. The average molecular weight is 504 g/mol.